The van der Waals surface area contributed by atoms with E-state index in [-0.39, 0.29) is 6.10 Å². The number of aliphatic hydroxyl groups excluding tert-OH is 1. The first-order chi connectivity index (χ1) is 5.77. The highest BCUT2D eigenvalue weighted by Crippen LogP contribution is 2.00. The second-order valence-corrected chi connectivity index (χ2v) is 3.06. The number of hydrogen-bond acceptors (Lipinski definition) is 2. The molecule has 0 aliphatic heterocycles. The lowest BCUT2D eigenvalue weighted by Crippen LogP contribution is -2.10. The van der Waals surface area contributed by atoms with E-state index in [0.717, 1.165) is 19.4 Å². The Hall–Kier alpha value is -0.340. The van der Waals surface area contributed by atoms with E-state index in [9.17, 15) is 0 Å². The SMILES string of the molecule is C=CCCCCCOCC(C)O. The standard InChI is InChI=1S/C10H20O2/c1-3-4-5-6-7-8-12-9-10(2)11/h3,10-11H,1,4-9H2,2H3. The van der Waals surface area contributed by atoms with E-state index in [4.69, 9.17) is 9.84 Å². The summed E-state index contributed by atoms with van der Waals surface area (Å²) in [7, 11) is 0. The number of aliphatic hydroxyl groups is 1. The largest absolute Gasteiger partial charge is 0.391 e. The Kier molecular flexibility index (Phi) is 8.51. The van der Waals surface area contributed by atoms with Crippen LogP contribution in [0.2, 0.25) is 0 Å². The summed E-state index contributed by atoms with van der Waals surface area (Å²) in [6, 6.07) is 0. The van der Waals surface area contributed by atoms with Crippen LogP contribution in [0.3, 0.4) is 0 Å². The van der Waals surface area contributed by atoms with Crippen molar-refractivity contribution in [2.45, 2.75) is 38.7 Å². The lowest BCUT2D eigenvalue weighted by Gasteiger charge is -2.05. The number of ether oxygens (including phenoxy) is 1. The molecule has 12 heavy (non-hydrogen) atoms. The van der Waals surface area contributed by atoms with Crippen molar-refractivity contribution in [1.82, 2.24) is 0 Å². The van der Waals surface area contributed by atoms with Gasteiger partial charge in [0, 0.05) is 6.61 Å². The van der Waals surface area contributed by atoms with Crippen LogP contribution >= 0.6 is 0 Å². The van der Waals surface area contributed by atoms with Crippen molar-refractivity contribution in [3.8, 4) is 0 Å². The molecule has 0 amide bonds. The van der Waals surface area contributed by atoms with Crippen molar-refractivity contribution in [2.75, 3.05) is 13.2 Å². The molecule has 72 valence electrons. The molecule has 0 radical (unpaired) electrons. The normalized spacial score (nSPS) is 12.8. The summed E-state index contributed by atoms with van der Waals surface area (Å²) in [6.45, 7) is 6.61. The number of rotatable bonds is 8. The summed E-state index contributed by atoms with van der Waals surface area (Å²) < 4.78 is 5.20. The number of unbranched alkanes of at least 4 members (excludes halogenated alkanes) is 3. The predicted octanol–water partition coefficient (Wildman–Crippen LogP) is 2.13. The molecule has 0 saturated carbocycles. The Morgan fingerprint density at radius 1 is 1.42 bits per heavy atom. The molecule has 2 heteroatoms. The molecule has 0 aromatic heterocycles. The van der Waals surface area contributed by atoms with E-state index in [1.807, 2.05) is 6.08 Å². The summed E-state index contributed by atoms with van der Waals surface area (Å²) in [5, 5.41) is 8.85. The fourth-order valence-electron chi connectivity index (χ4n) is 0.923. The second-order valence-electron chi connectivity index (χ2n) is 3.06. The van der Waals surface area contributed by atoms with Crippen LogP contribution in [0.4, 0.5) is 0 Å². The fourth-order valence-corrected chi connectivity index (χ4v) is 0.923. The van der Waals surface area contributed by atoms with Gasteiger partial charge in [0.25, 0.3) is 0 Å². The lowest BCUT2D eigenvalue weighted by molar-refractivity contribution is 0.0446. The van der Waals surface area contributed by atoms with Crippen LogP contribution in [0.25, 0.3) is 0 Å². The average molecular weight is 172 g/mol. The van der Waals surface area contributed by atoms with Gasteiger partial charge in [0.2, 0.25) is 0 Å². The van der Waals surface area contributed by atoms with Crippen molar-refractivity contribution in [2.24, 2.45) is 0 Å². The van der Waals surface area contributed by atoms with E-state index in [1.165, 1.54) is 12.8 Å². The molecule has 0 saturated heterocycles. The maximum absolute atomic E-state index is 8.85. The van der Waals surface area contributed by atoms with E-state index < -0.39 is 0 Å². The molecule has 0 fully saturated rings. The van der Waals surface area contributed by atoms with Crippen LogP contribution in [-0.4, -0.2) is 24.4 Å². The zero-order valence-electron chi connectivity index (χ0n) is 7.96. The van der Waals surface area contributed by atoms with E-state index in [2.05, 4.69) is 6.58 Å². The van der Waals surface area contributed by atoms with Gasteiger partial charge < -0.3 is 9.84 Å². The van der Waals surface area contributed by atoms with Gasteiger partial charge in [-0.05, 0) is 26.2 Å². The molecular weight excluding hydrogens is 152 g/mol. The molecule has 0 aliphatic rings. The van der Waals surface area contributed by atoms with Crippen LogP contribution in [-0.2, 0) is 4.74 Å². The monoisotopic (exact) mass is 172 g/mol. The van der Waals surface area contributed by atoms with Crippen molar-refractivity contribution in [3.63, 3.8) is 0 Å². The Bertz CT molecular complexity index is 100. The molecule has 0 aliphatic carbocycles. The third-order valence-corrected chi connectivity index (χ3v) is 1.56. The minimum absolute atomic E-state index is 0.335. The van der Waals surface area contributed by atoms with E-state index in [1.54, 1.807) is 6.92 Å². The number of hydrogen-bond donors (Lipinski definition) is 1. The minimum Gasteiger partial charge on any atom is -0.391 e. The van der Waals surface area contributed by atoms with Gasteiger partial charge in [0.15, 0.2) is 0 Å². The number of allylic oxidation sites excluding steroid dienone is 1. The van der Waals surface area contributed by atoms with E-state index in [0.29, 0.717) is 6.61 Å². The highest BCUT2D eigenvalue weighted by Gasteiger charge is 1.94. The highest BCUT2D eigenvalue weighted by atomic mass is 16.5. The molecular formula is C10H20O2. The van der Waals surface area contributed by atoms with Gasteiger partial charge in [-0.2, -0.15) is 0 Å². The summed E-state index contributed by atoms with van der Waals surface area (Å²) >= 11 is 0. The minimum atomic E-state index is -0.335. The van der Waals surface area contributed by atoms with Gasteiger partial charge in [-0.25, -0.2) is 0 Å². The third kappa shape index (κ3) is 9.66. The van der Waals surface area contributed by atoms with Gasteiger partial charge in [-0.15, -0.1) is 6.58 Å². The molecule has 2 nitrogen and oxygen atoms in total. The van der Waals surface area contributed by atoms with Crippen LogP contribution < -0.4 is 0 Å². The quantitative estimate of drug-likeness (QED) is 0.449. The summed E-state index contributed by atoms with van der Waals surface area (Å²) in [5.74, 6) is 0. The molecule has 1 unspecified atom stereocenters. The maximum Gasteiger partial charge on any atom is 0.0745 e. The molecule has 0 spiro atoms. The average Bonchev–Trinajstić information content (AvgIpc) is 2.02. The first-order valence-electron chi connectivity index (χ1n) is 4.64. The van der Waals surface area contributed by atoms with Crippen molar-refractivity contribution in [1.29, 1.82) is 0 Å². The second kappa shape index (κ2) is 8.75. The van der Waals surface area contributed by atoms with Gasteiger partial charge in [0.1, 0.15) is 0 Å². The zero-order valence-corrected chi connectivity index (χ0v) is 7.96. The van der Waals surface area contributed by atoms with Gasteiger partial charge in [-0.1, -0.05) is 12.5 Å². The molecule has 0 bridgehead atoms. The van der Waals surface area contributed by atoms with Crippen LogP contribution in [0.15, 0.2) is 12.7 Å². The van der Waals surface area contributed by atoms with Crippen LogP contribution in [0.5, 0.6) is 0 Å². The van der Waals surface area contributed by atoms with Gasteiger partial charge in [0.05, 0.1) is 12.7 Å². The van der Waals surface area contributed by atoms with Crippen LogP contribution in [0.1, 0.15) is 32.6 Å². The van der Waals surface area contributed by atoms with Crippen molar-refractivity contribution < 1.29 is 9.84 Å². The first-order valence-corrected chi connectivity index (χ1v) is 4.64. The Labute approximate surface area is 75.2 Å². The zero-order chi connectivity index (χ0) is 9.23. The van der Waals surface area contributed by atoms with Crippen molar-refractivity contribution >= 4 is 0 Å². The molecule has 1 N–H and O–H groups in total. The predicted molar refractivity (Wildman–Crippen MR) is 51.2 cm³/mol. The Balaban J connectivity index is 2.86. The molecule has 0 aromatic rings. The molecule has 0 aromatic carbocycles. The molecule has 0 rings (SSSR count). The van der Waals surface area contributed by atoms with Crippen molar-refractivity contribution in [3.05, 3.63) is 12.7 Å². The summed E-state index contributed by atoms with van der Waals surface area (Å²) in [6.07, 6.45) is 6.17. The summed E-state index contributed by atoms with van der Waals surface area (Å²) in [5.41, 5.74) is 0. The summed E-state index contributed by atoms with van der Waals surface area (Å²) in [4.78, 5) is 0. The maximum atomic E-state index is 8.85. The third-order valence-electron chi connectivity index (χ3n) is 1.56. The highest BCUT2D eigenvalue weighted by molar-refractivity contribution is 4.65. The fraction of sp³-hybridized carbons (Fsp3) is 0.800. The Morgan fingerprint density at radius 2 is 2.17 bits per heavy atom. The topological polar surface area (TPSA) is 29.5 Å². The van der Waals surface area contributed by atoms with E-state index >= 15 is 0 Å². The molecule has 0 heterocycles. The van der Waals surface area contributed by atoms with Gasteiger partial charge in [-0.3, -0.25) is 0 Å². The smallest absolute Gasteiger partial charge is 0.0745 e. The Morgan fingerprint density at radius 3 is 2.75 bits per heavy atom. The van der Waals surface area contributed by atoms with Crippen LogP contribution in [0, 0.1) is 0 Å². The lowest BCUT2D eigenvalue weighted by atomic mass is 10.2. The molecule has 1 atom stereocenters. The van der Waals surface area contributed by atoms with Gasteiger partial charge >= 0.3 is 0 Å². The first kappa shape index (κ1) is 11.7.